The second kappa shape index (κ2) is 2.66. The van der Waals surface area contributed by atoms with Gasteiger partial charge in [0.1, 0.15) is 0 Å². The van der Waals surface area contributed by atoms with Gasteiger partial charge in [-0.25, -0.2) is 0 Å². The number of anilines is 2. The predicted octanol–water partition coefficient (Wildman–Crippen LogP) is 2.36. The first-order valence-corrected chi connectivity index (χ1v) is 4.73. The smallest absolute Gasteiger partial charge is 0.0398 e. The van der Waals surface area contributed by atoms with E-state index in [2.05, 4.69) is 25.2 Å². The maximum atomic E-state index is 5.73. The van der Waals surface area contributed by atoms with Crippen LogP contribution in [-0.2, 0) is 5.41 Å². The van der Waals surface area contributed by atoms with E-state index < -0.39 is 0 Å². The third-order valence-corrected chi connectivity index (χ3v) is 2.84. The summed E-state index contributed by atoms with van der Waals surface area (Å²) in [5.41, 5.74) is 9.44. The summed E-state index contributed by atoms with van der Waals surface area (Å²) in [5, 5.41) is 3.38. The molecule has 1 aliphatic rings. The van der Waals surface area contributed by atoms with Crippen molar-refractivity contribution in [2.75, 3.05) is 17.6 Å². The van der Waals surface area contributed by atoms with Gasteiger partial charge in [0.25, 0.3) is 0 Å². The second-order valence-electron chi connectivity index (χ2n) is 4.37. The first-order valence-electron chi connectivity index (χ1n) is 4.73. The van der Waals surface area contributed by atoms with Gasteiger partial charge in [-0.3, -0.25) is 0 Å². The lowest BCUT2D eigenvalue weighted by molar-refractivity contribution is 0.482. The monoisotopic (exact) mass is 176 g/mol. The molecule has 0 saturated heterocycles. The van der Waals surface area contributed by atoms with Gasteiger partial charge in [-0.05, 0) is 29.5 Å². The molecule has 0 aromatic heterocycles. The third kappa shape index (κ3) is 1.37. The molecule has 0 atom stereocenters. The summed E-state index contributed by atoms with van der Waals surface area (Å²) in [5.74, 6) is 0. The molecule has 0 fully saturated rings. The maximum absolute atomic E-state index is 5.73. The number of benzene rings is 1. The average molecular weight is 176 g/mol. The molecular formula is C11H16N2. The predicted molar refractivity (Wildman–Crippen MR) is 57.0 cm³/mol. The van der Waals surface area contributed by atoms with Gasteiger partial charge in [0.15, 0.2) is 0 Å². The summed E-state index contributed by atoms with van der Waals surface area (Å²) < 4.78 is 0. The Morgan fingerprint density at radius 3 is 2.92 bits per heavy atom. The zero-order valence-electron chi connectivity index (χ0n) is 8.22. The molecule has 70 valence electrons. The van der Waals surface area contributed by atoms with Gasteiger partial charge < -0.3 is 11.1 Å². The molecule has 0 unspecified atom stereocenters. The van der Waals surface area contributed by atoms with Crippen LogP contribution in [0.1, 0.15) is 25.8 Å². The summed E-state index contributed by atoms with van der Waals surface area (Å²) in [7, 11) is 0. The Morgan fingerprint density at radius 2 is 2.15 bits per heavy atom. The minimum atomic E-state index is 0.286. The zero-order valence-corrected chi connectivity index (χ0v) is 8.22. The van der Waals surface area contributed by atoms with E-state index in [4.69, 9.17) is 5.73 Å². The van der Waals surface area contributed by atoms with Gasteiger partial charge in [0.2, 0.25) is 0 Å². The van der Waals surface area contributed by atoms with Crippen LogP contribution in [0.15, 0.2) is 18.2 Å². The molecule has 3 N–H and O–H groups in total. The zero-order chi connectivity index (χ0) is 9.47. The molecule has 2 rings (SSSR count). The van der Waals surface area contributed by atoms with Crippen LogP contribution >= 0.6 is 0 Å². The number of hydrogen-bond donors (Lipinski definition) is 2. The Balaban J connectivity index is 2.53. The number of nitrogens with one attached hydrogen (secondary N) is 1. The minimum absolute atomic E-state index is 0.286. The molecule has 1 heterocycles. The Kier molecular flexibility index (Phi) is 1.72. The van der Waals surface area contributed by atoms with Crippen molar-refractivity contribution in [2.45, 2.75) is 25.7 Å². The highest BCUT2D eigenvalue weighted by Gasteiger charge is 2.26. The van der Waals surface area contributed by atoms with Gasteiger partial charge in [-0.1, -0.05) is 19.9 Å². The molecule has 0 saturated carbocycles. The van der Waals surface area contributed by atoms with Gasteiger partial charge >= 0.3 is 0 Å². The summed E-state index contributed by atoms with van der Waals surface area (Å²) in [6.07, 6.45) is 1.18. The van der Waals surface area contributed by atoms with Gasteiger partial charge in [0, 0.05) is 17.9 Å². The second-order valence-corrected chi connectivity index (χ2v) is 4.37. The molecule has 0 radical (unpaired) electrons. The molecule has 2 heteroatoms. The van der Waals surface area contributed by atoms with Gasteiger partial charge in [-0.2, -0.15) is 0 Å². The highest BCUT2D eigenvalue weighted by molar-refractivity contribution is 5.63. The minimum Gasteiger partial charge on any atom is -0.399 e. The van der Waals surface area contributed by atoms with E-state index in [9.17, 15) is 0 Å². The SMILES string of the molecule is CC1(C)CCNc2cc(N)ccc21. The fourth-order valence-electron chi connectivity index (χ4n) is 1.94. The van der Waals surface area contributed by atoms with E-state index in [0.29, 0.717) is 0 Å². The van der Waals surface area contributed by atoms with Crippen molar-refractivity contribution in [1.29, 1.82) is 0 Å². The lowest BCUT2D eigenvalue weighted by Crippen LogP contribution is -2.28. The Hall–Kier alpha value is -1.18. The normalized spacial score (nSPS) is 18.9. The van der Waals surface area contributed by atoms with Crippen molar-refractivity contribution in [1.82, 2.24) is 0 Å². The van der Waals surface area contributed by atoms with Crippen molar-refractivity contribution < 1.29 is 0 Å². The van der Waals surface area contributed by atoms with Gasteiger partial charge in [0.05, 0.1) is 0 Å². The van der Waals surface area contributed by atoms with Crippen LogP contribution < -0.4 is 11.1 Å². The van der Waals surface area contributed by atoms with Crippen molar-refractivity contribution in [3.8, 4) is 0 Å². The third-order valence-electron chi connectivity index (χ3n) is 2.84. The summed E-state index contributed by atoms with van der Waals surface area (Å²) in [4.78, 5) is 0. The maximum Gasteiger partial charge on any atom is 0.0398 e. The molecule has 0 spiro atoms. The standard InChI is InChI=1S/C11H16N2/c1-11(2)5-6-13-10-7-8(12)3-4-9(10)11/h3-4,7,13H,5-6,12H2,1-2H3. The van der Waals surface area contributed by atoms with Crippen molar-refractivity contribution in [2.24, 2.45) is 0 Å². The Bertz CT molecular complexity index is 329. The molecule has 13 heavy (non-hydrogen) atoms. The molecule has 1 aromatic rings. The van der Waals surface area contributed by atoms with E-state index >= 15 is 0 Å². The fourth-order valence-corrected chi connectivity index (χ4v) is 1.94. The van der Waals surface area contributed by atoms with Crippen LogP contribution in [0.2, 0.25) is 0 Å². The fraction of sp³-hybridized carbons (Fsp3) is 0.455. The van der Waals surface area contributed by atoms with Crippen LogP contribution in [0.5, 0.6) is 0 Å². The van der Waals surface area contributed by atoms with Gasteiger partial charge in [-0.15, -0.1) is 0 Å². The first-order chi connectivity index (χ1) is 6.09. The lowest BCUT2D eigenvalue weighted by Gasteiger charge is -2.33. The number of rotatable bonds is 0. The molecule has 0 bridgehead atoms. The quantitative estimate of drug-likeness (QED) is 0.595. The van der Waals surface area contributed by atoms with E-state index in [1.807, 2.05) is 12.1 Å². The Labute approximate surface area is 79.1 Å². The number of fused-ring (bicyclic) bond motifs is 1. The van der Waals surface area contributed by atoms with Crippen LogP contribution in [-0.4, -0.2) is 6.54 Å². The largest absolute Gasteiger partial charge is 0.399 e. The molecule has 0 amide bonds. The van der Waals surface area contributed by atoms with Crippen LogP contribution in [0.3, 0.4) is 0 Å². The topological polar surface area (TPSA) is 38.0 Å². The van der Waals surface area contributed by atoms with Crippen molar-refractivity contribution in [3.63, 3.8) is 0 Å². The van der Waals surface area contributed by atoms with Crippen LogP contribution in [0.25, 0.3) is 0 Å². The molecular weight excluding hydrogens is 160 g/mol. The van der Waals surface area contributed by atoms with Crippen LogP contribution in [0.4, 0.5) is 11.4 Å². The van der Waals surface area contributed by atoms with E-state index in [1.54, 1.807) is 0 Å². The summed E-state index contributed by atoms with van der Waals surface area (Å²) in [6.45, 7) is 5.61. The van der Waals surface area contributed by atoms with Crippen molar-refractivity contribution >= 4 is 11.4 Å². The number of nitrogens with two attached hydrogens (primary N) is 1. The van der Waals surface area contributed by atoms with Crippen LogP contribution in [0, 0.1) is 0 Å². The Morgan fingerprint density at radius 1 is 1.38 bits per heavy atom. The number of nitrogen functional groups attached to an aromatic ring is 1. The highest BCUT2D eigenvalue weighted by atomic mass is 14.9. The van der Waals surface area contributed by atoms with Crippen molar-refractivity contribution in [3.05, 3.63) is 23.8 Å². The highest BCUT2D eigenvalue weighted by Crippen LogP contribution is 2.37. The molecule has 0 aliphatic carbocycles. The molecule has 1 aromatic carbocycles. The van der Waals surface area contributed by atoms with E-state index in [1.165, 1.54) is 17.7 Å². The summed E-state index contributed by atoms with van der Waals surface area (Å²) in [6, 6.07) is 6.14. The van der Waals surface area contributed by atoms with E-state index in [0.717, 1.165) is 12.2 Å². The van der Waals surface area contributed by atoms with E-state index in [-0.39, 0.29) is 5.41 Å². The average Bonchev–Trinajstić information content (AvgIpc) is 2.02. The number of hydrogen-bond acceptors (Lipinski definition) is 2. The molecule has 1 aliphatic heterocycles. The first kappa shape index (κ1) is 8.42. The summed E-state index contributed by atoms with van der Waals surface area (Å²) >= 11 is 0. The molecule has 2 nitrogen and oxygen atoms in total. The lowest BCUT2D eigenvalue weighted by atomic mass is 9.78.